The molecular weight excluding hydrogens is 394 g/mol. The van der Waals surface area contributed by atoms with Gasteiger partial charge in [0.05, 0.1) is 11.1 Å². The lowest BCUT2D eigenvalue weighted by Gasteiger charge is -2.11. The average Bonchev–Trinajstić information content (AvgIpc) is 2.67. The normalized spacial score (nSPS) is 10.5. The number of benzene rings is 3. The van der Waals surface area contributed by atoms with Gasteiger partial charge in [0.2, 0.25) is 0 Å². The topological polar surface area (TPSA) is 47.6 Å². The Morgan fingerprint density at radius 3 is 2.54 bits per heavy atom. The number of ether oxygens (including phenoxy) is 2. The standard InChI is InChI=1S/C21H20BrNO3/c1-2-25-17-10-7-15(8-11-17)13-23-20(24)14-26-19-12-9-16-5-3-4-6-18(16)21(19)22/h3-12H,2,13-14H2,1H3,(H,23,24). The van der Waals surface area contributed by atoms with Gasteiger partial charge >= 0.3 is 0 Å². The summed E-state index contributed by atoms with van der Waals surface area (Å²) in [5.74, 6) is 1.31. The molecule has 0 saturated heterocycles. The summed E-state index contributed by atoms with van der Waals surface area (Å²) < 4.78 is 11.9. The molecule has 1 amide bonds. The smallest absolute Gasteiger partial charge is 0.258 e. The molecule has 5 heteroatoms. The van der Waals surface area contributed by atoms with Gasteiger partial charge in [-0.25, -0.2) is 0 Å². The minimum absolute atomic E-state index is 0.0338. The monoisotopic (exact) mass is 413 g/mol. The van der Waals surface area contributed by atoms with Gasteiger partial charge in [-0.3, -0.25) is 4.79 Å². The van der Waals surface area contributed by atoms with Gasteiger partial charge < -0.3 is 14.8 Å². The van der Waals surface area contributed by atoms with Crippen LogP contribution in [0.1, 0.15) is 12.5 Å². The average molecular weight is 414 g/mol. The molecular formula is C21H20BrNO3. The first-order valence-electron chi connectivity index (χ1n) is 8.46. The Morgan fingerprint density at radius 1 is 1.00 bits per heavy atom. The number of carbonyl (C=O) groups is 1. The molecule has 26 heavy (non-hydrogen) atoms. The van der Waals surface area contributed by atoms with Crippen LogP contribution >= 0.6 is 15.9 Å². The van der Waals surface area contributed by atoms with E-state index in [1.54, 1.807) is 0 Å². The molecule has 3 rings (SSSR count). The highest BCUT2D eigenvalue weighted by atomic mass is 79.9. The third-order valence-electron chi connectivity index (χ3n) is 3.91. The van der Waals surface area contributed by atoms with Crippen LogP contribution in [0.4, 0.5) is 0 Å². The minimum Gasteiger partial charge on any atom is -0.494 e. The van der Waals surface area contributed by atoms with E-state index < -0.39 is 0 Å². The number of halogens is 1. The molecule has 0 aromatic heterocycles. The summed E-state index contributed by atoms with van der Waals surface area (Å²) in [6, 6.07) is 19.5. The predicted octanol–water partition coefficient (Wildman–Crippen LogP) is 4.70. The second-order valence-electron chi connectivity index (χ2n) is 5.74. The van der Waals surface area contributed by atoms with Gasteiger partial charge in [-0.1, -0.05) is 42.5 Å². The molecule has 134 valence electrons. The maximum Gasteiger partial charge on any atom is 0.258 e. The Bertz CT molecular complexity index is 893. The van der Waals surface area contributed by atoms with Crippen LogP contribution in [0.25, 0.3) is 10.8 Å². The summed E-state index contributed by atoms with van der Waals surface area (Å²) >= 11 is 3.56. The van der Waals surface area contributed by atoms with E-state index in [2.05, 4.69) is 21.2 Å². The van der Waals surface area contributed by atoms with E-state index in [-0.39, 0.29) is 12.5 Å². The van der Waals surface area contributed by atoms with Gasteiger partial charge in [-0.05, 0) is 57.4 Å². The zero-order valence-electron chi connectivity index (χ0n) is 14.5. The number of amides is 1. The molecule has 3 aromatic rings. The molecule has 0 aliphatic heterocycles. The predicted molar refractivity (Wildman–Crippen MR) is 107 cm³/mol. The molecule has 0 aliphatic carbocycles. The fourth-order valence-corrected chi connectivity index (χ4v) is 3.20. The first kappa shape index (κ1) is 18.3. The zero-order valence-corrected chi connectivity index (χ0v) is 16.1. The Balaban J connectivity index is 1.53. The van der Waals surface area contributed by atoms with Crippen molar-refractivity contribution in [3.05, 3.63) is 70.7 Å². The Morgan fingerprint density at radius 2 is 1.77 bits per heavy atom. The zero-order chi connectivity index (χ0) is 18.4. The highest BCUT2D eigenvalue weighted by Gasteiger charge is 2.08. The van der Waals surface area contributed by atoms with Crippen LogP contribution < -0.4 is 14.8 Å². The van der Waals surface area contributed by atoms with Crippen molar-refractivity contribution < 1.29 is 14.3 Å². The summed E-state index contributed by atoms with van der Waals surface area (Å²) in [5, 5.41) is 5.03. The molecule has 1 N–H and O–H groups in total. The minimum atomic E-state index is -0.168. The van der Waals surface area contributed by atoms with Crippen molar-refractivity contribution in [1.82, 2.24) is 5.32 Å². The molecule has 3 aromatic carbocycles. The summed E-state index contributed by atoms with van der Waals surface area (Å²) in [6.45, 7) is 3.00. The van der Waals surface area contributed by atoms with E-state index in [4.69, 9.17) is 9.47 Å². The Hall–Kier alpha value is -2.53. The van der Waals surface area contributed by atoms with Gasteiger partial charge in [-0.2, -0.15) is 0 Å². The molecule has 0 bridgehead atoms. The van der Waals surface area contributed by atoms with E-state index in [1.165, 1.54) is 0 Å². The maximum atomic E-state index is 12.1. The summed E-state index contributed by atoms with van der Waals surface area (Å²) in [7, 11) is 0. The lowest BCUT2D eigenvalue weighted by atomic mass is 10.1. The number of hydrogen-bond acceptors (Lipinski definition) is 3. The van der Waals surface area contributed by atoms with Crippen LogP contribution in [0, 0.1) is 0 Å². The van der Waals surface area contributed by atoms with E-state index in [0.717, 1.165) is 26.6 Å². The number of hydrogen-bond donors (Lipinski definition) is 1. The van der Waals surface area contributed by atoms with Crippen molar-refractivity contribution in [2.45, 2.75) is 13.5 Å². The SMILES string of the molecule is CCOc1ccc(CNC(=O)COc2ccc3ccccc3c2Br)cc1. The Labute approximate surface area is 161 Å². The molecule has 0 radical (unpaired) electrons. The first-order valence-corrected chi connectivity index (χ1v) is 9.25. The van der Waals surface area contributed by atoms with Crippen LogP contribution in [0.2, 0.25) is 0 Å². The van der Waals surface area contributed by atoms with Crippen LogP contribution in [-0.4, -0.2) is 19.1 Å². The fraction of sp³-hybridized carbons (Fsp3) is 0.190. The second kappa shape index (κ2) is 8.72. The molecule has 0 saturated carbocycles. The third-order valence-corrected chi connectivity index (χ3v) is 4.73. The van der Waals surface area contributed by atoms with Gasteiger partial charge in [0, 0.05) is 6.54 Å². The Kier molecular flexibility index (Phi) is 6.12. The van der Waals surface area contributed by atoms with Gasteiger partial charge in [-0.15, -0.1) is 0 Å². The van der Waals surface area contributed by atoms with Crippen molar-refractivity contribution >= 4 is 32.6 Å². The van der Waals surface area contributed by atoms with E-state index >= 15 is 0 Å². The van der Waals surface area contributed by atoms with Crippen molar-refractivity contribution in [2.24, 2.45) is 0 Å². The number of nitrogens with one attached hydrogen (secondary N) is 1. The van der Waals surface area contributed by atoms with E-state index in [9.17, 15) is 4.79 Å². The van der Waals surface area contributed by atoms with Crippen molar-refractivity contribution in [3.8, 4) is 11.5 Å². The fourth-order valence-electron chi connectivity index (χ4n) is 2.59. The number of rotatable bonds is 7. The van der Waals surface area contributed by atoms with Crippen molar-refractivity contribution in [1.29, 1.82) is 0 Å². The second-order valence-corrected chi connectivity index (χ2v) is 6.53. The van der Waals surface area contributed by atoms with Gasteiger partial charge in [0.15, 0.2) is 6.61 Å². The first-order chi connectivity index (χ1) is 12.7. The van der Waals surface area contributed by atoms with Crippen LogP contribution in [0.5, 0.6) is 11.5 Å². The van der Waals surface area contributed by atoms with Crippen molar-refractivity contribution in [3.63, 3.8) is 0 Å². The number of carbonyl (C=O) groups excluding carboxylic acids is 1. The lowest BCUT2D eigenvalue weighted by Crippen LogP contribution is -2.28. The quantitative estimate of drug-likeness (QED) is 0.610. The molecule has 0 aliphatic rings. The maximum absolute atomic E-state index is 12.1. The largest absolute Gasteiger partial charge is 0.494 e. The highest BCUT2D eigenvalue weighted by molar-refractivity contribution is 9.10. The highest BCUT2D eigenvalue weighted by Crippen LogP contribution is 2.32. The van der Waals surface area contributed by atoms with Crippen molar-refractivity contribution in [2.75, 3.05) is 13.2 Å². The summed E-state index contributed by atoms with van der Waals surface area (Å²) in [6.07, 6.45) is 0. The van der Waals surface area contributed by atoms with E-state index in [0.29, 0.717) is 18.9 Å². The number of fused-ring (bicyclic) bond motifs is 1. The van der Waals surface area contributed by atoms with Gasteiger partial charge in [0.1, 0.15) is 11.5 Å². The van der Waals surface area contributed by atoms with Gasteiger partial charge in [0.25, 0.3) is 5.91 Å². The third kappa shape index (κ3) is 4.55. The summed E-state index contributed by atoms with van der Waals surface area (Å²) in [4.78, 5) is 12.1. The molecule has 0 heterocycles. The molecule has 0 spiro atoms. The molecule has 4 nitrogen and oxygen atoms in total. The molecule has 0 fully saturated rings. The summed E-state index contributed by atoms with van der Waals surface area (Å²) in [5.41, 5.74) is 1.01. The van der Waals surface area contributed by atoms with Crippen LogP contribution in [0.15, 0.2) is 65.1 Å². The van der Waals surface area contributed by atoms with Crippen LogP contribution in [0.3, 0.4) is 0 Å². The lowest BCUT2D eigenvalue weighted by molar-refractivity contribution is -0.123. The molecule has 0 unspecified atom stereocenters. The molecule has 0 atom stereocenters. The van der Waals surface area contributed by atoms with E-state index in [1.807, 2.05) is 67.6 Å². The van der Waals surface area contributed by atoms with Crippen LogP contribution in [-0.2, 0) is 11.3 Å².